The molecule has 96 heavy (non-hydrogen) atoms. The van der Waals surface area contributed by atoms with Gasteiger partial charge in [0.2, 0.25) is 0 Å². The van der Waals surface area contributed by atoms with Gasteiger partial charge in [-0.25, -0.2) is 0 Å². The smallest absolute Gasteiger partial charge is 0.0155 e. The molecule has 0 aliphatic carbocycles. The standard InChI is InChI=1S/6C13H12.18CH4/c6*1-11-7-5-6-10-13(11)12-8-3-2-4-9-12;;;;;;;;;;;;;;;;;;/h6*2-10H,1H3;18*1H4. The van der Waals surface area contributed by atoms with Crippen molar-refractivity contribution >= 4 is 0 Å². The maximum Gasteiger partial charge on any atom is -0.0155 e. The first-order chi connectivity index (χ1) is 38.3. The number of hydrogen-bond acceptors (Lipinski definition) is 0. The molecule has 12 rings (SSSR count). The minimum atomic E-state index is 0. The highest BCUT2D eigenvalue weighted by Crippen LogP contribution is 2.27. The minimum Gasteiger partial charge on any atom is -0.0776 e. The molecule has 0 N–H and O–H groups in total. The highest BCUT2D eigenvalue weighted by Gasteiger charge is 2.03. The molecule has 12 aromatic carbocycles. The number of rotatable bonds is 6. The van der Waals surface area contributed by atoms with E-state index in [2.05, 4.69) is 333 Å². The van der Waals surface area contributed by atoms with Crippen LogP contribution in [-0.4, -0.2) is 0 Å². The van der Waals surface area contributed by atoms with Gasteiger partial charge in [-0.3, -0.25) is 0 Å². The first-order valence-corrected chi connectivity index (χ1v) is 26.9. The van der Waals surface area contributed by atoms with Crippen molar-refractivity contribution < 1.29 is 0 Å². The van der Waals surface area contributed by atoms with Crippen LogP contribution in [0.2, 0.25) is 0 Å². The molecule has 0 nitrogen and oxygen atoms in total. The van der Waals surface area contributed by atoms with Crippen molar-refractivity contribution in [3.05, 3.63) is 361 Å². The normalized spacial score (nSPS) is 8.06. The number of aryl methyl sites for hydroxylation is 6. The van der Waals surface area contributed by atoms with Gasteiger partial charge in [0.1, 0.15) is 0 Å². The zero-order chi connectivity index (χ0) is 54.6. The van der Waals surface area contributed by atoms with Crippen LogP contribution in [0.4, 0.5) is 0 Å². The molecule has 0 bridgehead atoms. The van der Waals surface area contributed by atoms with Crippen LogP contribution >= 0.6 is 0 Å². The Morgan fingerprint density at radius 1 is 0.104 bits per heavy atom. The Bertz CT molecular complexity index is 2950. The summed E-state index contributed by atoms with van der Waals surface area (Å²) in [6.07, 6.45) is 0. The monoisotopic (exact) mass is 1300 g/mol. The first-order valence-electron chi connectivity index (χ1n) is 26.9. The van der Waals surface area contributed by atoms with E-state index in [9.17, 15) is 0 Å². The number of benzene rings is 12. The lowest BCUT2D eigenvalue weighted by molar-refractivity contribution is 1.46. The Hall–Kier alpha value is -9.36. The molecule has 0 aliphatic rings. The zero-order valence-corrected chi connectivity index (χ0v) is 46.2. The van der Waals surface area contributed by atoms with Crippen LogP contribution < -0.4 is 0 Å². The van der Waals surface area contributed by atoms with Gasteiger partial charge in [-0.05, 0) is 142 Å². The minimum absolute atomic E-state index is 0. The third-order valence-corrected chi connectivity index (χ3v) is 13.4. The highest BCUT2D eigenvalue weighted by molar-refractivity contribution is 5.71. The van der Waals surface area contributed by atoms with Crippen molar-refractivity contribution in [2.75, 3.05) is 0 Å². The van der Waals surface area contributed by atoms with Crippen molar-refractivity contribution in [3.8, 4) is 66.8 Å². The van der Waals surface area contributed by atoms with E-state index in [0.717, 1.165) is 0 Å². The molecule has 0 heteroatoms. The highest BCUT2D eigenvalue weighted by atomic mass is 14.1. The lowest BCUT2D eigenvalue weighted by atomic mass is 10.0. The molecule has 0 aliphatic heterocycles. The second kappa shape index (κ2) is 63.1. The molecule has 0 unspecified atom stereocenters. The second-order valence-corrected chi connectivity index (χ2v) is 19.1. The largest absolute Gasteiger partial charge is 0.0776 e. The lowest BCUT2D eigenvalue weighted by Crippen LogP contribution is -1.80. The second-order valence-electron chi connectivity index (χ2n) is 19.1. The van der Waals surface area contributed by atoms with Crippen LogP contribution in [0, 0.1) is 41.5 Å². The van der Waals surface area contributed by atoms with Crippen molar-refractivity contribution in [2.45, 2.75) is 175 Å². The van der Waals surface area contributed by atoms with Crippen molar-refractivity contribution in [1.29, 1.82) is 0 Å². The molecular formula is C96H144. The molecular weight excluding hydrogens is 1150 g/mol. The molecule has 0 fully saturated rings. The molecule has 0 amide bonds. The van der Waals surface area contributed by atoms with Crippen LogP contribution in [0.15, 0.2) is 328 Å². The van der Waals surface area contributed by atoms with Gasteiger partial charge in [0, 0.05) is 0 Å². The third kappa shape index (κ3) is 35.8. The molecule has 0 atom stereocenters. The number of hydrogen-bond donors (Lipinski definition) is 0. The third-order valence-electron chi connectivity index (χ3n) is 13.4. The fraction of sp³-hybridized carbons (Fsp3) is 0.250. The van der Waals surface area contributed by atoms with Crippen LogP contribution in [0.25, 0.3) is 66.8 Å². The molecule has 0 aromatic heterocycles. The van der Waals surface area contributed by atoms with E-state index in [4.69, 9.17) is 0 Å². The van der Waals surface area contributed by atoms with Crippen LogP contribution in [0.5, 0.6) is 0 Å². The van der Waals surface area contributed by atoms with Crippen LogP contribution in [-0.2, 0) is 0 Å². The summed E-state index contributed by atoms with van der Waals surface area (Å²) < 4.78 is 0. The maximum absolute atomic E-state index is 2.16. The van der Waals surface area contributed by atoms with Gasteiger partial charge >= 0.3 is 0 Å². The van der Waals surface area contributed by atoms with E-state index in [-0.39, 0.29) is 134 Å². The molecule has 528 valence electrons. The van der Waals surface area contributed by atoms with E-state index in [1.807, 2.05) is 36.4 Å². The van der Waals surface area contributed by atoms with Gasteiger partial charge in [0.15, 0.2) is 0 Å². The van der Waals surface area contributed by atoms with Crippen molar-refractivity contribution in [1.82, 2.24) is 0 Å². The summed E-state index contributed by atoms with van der Waals surface area (Å²) in [5.74, 6) is 0. The Morgan fingerprint density at radius 3 is 0.281 bits per heavy atom. The Kier molecular flexibility index (Phi) is 74.9. The van der Waals surface area contributed by atoms with E-state index in [1.54, 1.807) is 0 Å². The summed E-state index contributed by atoms with van der Waals surface area (Å²) in [7, 11) is 0. The zero-order valence-electron chi connectivity index (χ0n) is 46.2. The summed E-state index contributed by atoms with van der Waals surface area (Å²) in [4.78, 5) is 0. The average molecular weight is 1300 g/mol. The average Bonchev–Trinajstić information content (AvgIpc) is 1.03. The van der Waals surface area contributed by atoms with Crippen molar-refractivity contribution in [2.24, 2.45) is 0 Å². The SMILES string of the molecule is C.C.C.C.C.C.C.C.C.C.C.C.C.C.C.C.C.C.Cc1ccccc1-c1ccccc1.Cc1ccccc1-c1ccccc1.Cc1ccccc1-c1ccccc1.Cc1ccccc1-c1ccccc1.Cc1ccccc1-c1ccccc1.Cc1ccccc1-c1ccccc1. The predicted octanol–water partition coefficient (Wildman–Crippen LogP) is 33.4. The molecule has 0 spiro atoms. The van der Waals surface area contributed by atoms with Crippen molar-refractivity contribution in [3.63, 3.8) is 0 Å². The summed E-state index contributed by atoms with van der Waals surface area (Å²) in [5.41, 5.74) is 23.7. The van der Waals surface area contributed by atoms with Gasteiger partial charge in [-0.2, -0.15) is 0 Å². The Morgan fingerprint density at radius 2 is 0.188 bits per heavy atom. The summed E-state index contributed by atoms with van der Waals surface area (Å²) in [6.45, 7) is 12.8. The molecule has 0 heterocycles. The predicted molar refractivity (Wildman–Crippen MR) is 461 cm³/mol. The van der Waals surface area contributed by atoms with E-state index in [0.29, 0.717) is 0 Å². The van der Waals surface area contributed by atoms with Crippen LogP contribution in [0.1, 0.15) is 167 Å². The molecule has 0 saturated heterocycles. The van der Waals surface area contributed by atoms with Gasteiger partial charge in [-0.15, -0.1) is 0 Å². The topological polar surface area (TPSA) is 0 Å². The maximum atomic E-state index is 2.16. The van der Waals surface area contributed by atoms with Gasteiger partial charge in [0.05, 0.1) is 0 Å². The first kappa shape index (κ1) is 114. The Balaban J connectivity index is -0.0000000850. The fourth-order valence-electron chi connectivity index (χ4n) is 9.09. The molecule has 0 radical (unpaired) electrons. The van der Waals surface area contributed by atoms with E-state index in [1.165, 1.54) is 100 Å². The Labute approximate surface area is 599 Å². The van der Waals surface area contributed by atoms with Crippen LogP contribution in [0.3, 0.4) is 0 Å². The van der Waals surface area contributed by atoms with Gasteiger partial charge < -0.3 is 0 Å². The van der Waals surface area contributed by atoms with E-state index < -0.39 is 0 Å². The molecule has 12 aromatic rings. The summed E-state index contributed by atoms with van der Waals surface area (Å²) >= 11 is 0. The quantitative estimate of drug-likeness (QED) is 0.156. The summed E-state index contributed by atoms with van der Waals surface area (Å²) in [5, 5.41) is 0. The molecule has 0 saturated carbocycles. The van der Waals surface area contributed by atoms with E-state index >= 15 is 0 Å². The van der Waals surface area contributed by atoms with Gasteiger partial charge in [-0.1, -0.05) is 461 Å². The van der Waals surface area contributed by atoms with Gasteiger partial charge in [0.25, 0.3) is 0 Å². The summed E-state index contributed by atoms with van der Waals surface area (Å²) in [6, 6.07) is 114. The lowest BCUT2D eigenvalue weighted by Gasteiger charge is -2.04. The fourth-order valence-corrected chi connectivity index (χ4v) is 9.09.